The second-order valence-corrected chi connectivity index (χ2v) is 3.43. The Morgan fingerprint density at radius 2 is 2.33 bits per heavy atom. The lowest BCUT2D eigenvalue weighted by Gasteiger charge is -2.04. The molecule has 1 aromatic heterocycles. The lowest BCUT2D eigenvalue weighted by Crippen LogP contribution is -2.03. The second kappa shape index (κ2) is 2.90. The van der Waals surface area contributed by atoms with Gasteiger partial charge in [-0.25, -0.2) is 4.98 Å². The number of nitrogens with zero attached hydrogens (tertiary/aromatic N) is 2. The van der Waals surface area contributed by atoms with E-state index in [1.165, 1.54) is 6.20 Å². The van der Waals surface area contributed by atoms with Gasteiger partial charge in [-0.15, -0.1) is 0 Å². The molecule has 0 unspecified atom stereocenters. The molecule has 1 saturated carbocycles. The number of anilines is 1. The predicted octanol–water partition coefficient (Wildman–Crippen LogP) is 1.36. The van der Waals surface area contributed by atoms with Gasteiger partial charge < -0.3 is 10.5 Å². The van der Waals surface area contributed by atoms with Crippen LogP contribution in [0.5, 0.6) is 5.88 Å². The Balaban J connectivity index is 2.21. The Morgan fingerprint density at radius 1 is 1.58 bits per heavy atom. The number of ether oxygens (including phenoxy) is 1. The molecule has 1 aromatic rings. The maximum Gasteiger partial charge on any atom is 0.241 e. The Bertz CT molecular complexity index is 301. The fourth-order valence-corrected chi connectivity index (χ4v) is 1.06. The summed E-state index contributed by atoms with van der Waals surface area (Å²) in [5, 5.41) is 0. The molecule has 2 rings (SSSR count). The van der Waals surface area contributed by atoms with Gasteiger partial charge in [-0.3, -0.25) is 0 Å². The maximum absolute atomic E-state index is 5.59. The highest BCUT2D eigenvalue weighted by Crippen LogP contribution is 2.28. The van der Waals surface area contributed by atoms with Gasteiger partial charge in [0.1, 0.15) is 11.8 Å². The van der Waals surface area contributed by atoms with E-state index in [1.54, 1.807) is 0 Å². The molecule has 0 bridgehead atoms. The SMILES string of the molecule is Nc1cnc(Br)nc1OC1CC1. The minimum atomic E-state index is 0.314. The number of nitrogen functional groups attached to an aromatic ring is 1. The van der Waals surface area contributed by atoms with E-state index in [4.69, 9.17) is 10.5 Å². The van der Waals surface area contributed by atoms with Crippen LogP contribution in [0.1, 0.15) is 12.8 Å². The van der Waals surface area contributed by atoms with Gasteiger partial charge in [-0.1, -0.05) is 0 Å². The number of hydrogen-bond donors (Lipinski definition) is 1. The average Bonchev–Trinajstić information content (AvgIpc) is 2.81. The van der Waals surface area contributed by atoms with E-state index in [-0.39, 0.29) is 0 Å². The largest absolute Gasteiger partial charge is 0.473 e. The zero-order valence-electron chi connectivity index (χ0n) is 6.33. The van der Waals surface area contributed by atoms with Crippen LogP contribution in [-0.2, 0) is 0 Å². The van der Waals surface area contributed by atoms with E-state index < -0.39 is 0 Å². The Labute approximate surface area is 78.3 Å². The fourth-order valence-electron chi connectivity index (χ4n) is 0.793. The quantitative estimate of drug-likeness (QED) is 0.779. The molecule has 0 aromatic carbocycles. The molecule has 1 aliphatic rings. The molecule has 0 amide bonds. The summed E-state index contributed by atoms with van der Waals surface area (Å²) in [6.45, 7) is 0. The van der Waals surface area contributed by atoms with Gasteiger partial charge in [0.2, 0.25) is 5.88 Å². The highest BCUT2D eigenvalue weighted by atomic mass is 79.9. The first-order valence-electron chi connectivity index (χ1n) is 3.70. The van der Waals surface area contributed by atoms with Crippen molar-refractivity contribution < 1.29 is 4.74 Å². The molecule has 0 spiro atoms. The van der Waals surface area contributed by atoms with Crippen LogP contribution in [0, 0.1) is 0 Å². The molecule has 0 atom stereocenters. The molecular formula is C7H8BrN3O. The lowest BCUT2D eigenvalue weighted by atomic mass is 10.5. The summed E-state index contributed by atoms with van der Waals surface area (Å²) in [7, 11) is 0. The monoisotopic (exact) mass is 229 g/mol. The van der Waals surface area contributed by atoms with E-state index in [1.807, 2.05) is 0 Å². The van der Waals surface area contributed by atoms with Gasteiger partial charge in [-0.05, 0) is 28.8 Å². The summed E-state index contributed by atoms with van der Waals surface area (Å²) in [6, 6.07) is 0. The number of nitrogens with two attached hydrogens (primary N) is 1. The van der Waals surface area contributed by atoms with Crippen molar-refractivity contribution in [1.82, 2.24) is 9.97 Å². The molecule has 64 valence electrons. The first-order chi connectivity index (χ1) is 5.75. The van der Waals surface area contributed by atoms with E-state index in [0.717, 1.165) is 12.8 Å². The number of hydrogen-bond acceptors (Lipinski definition) is 4. The Morgan fingerprint density at radius 3 is 3.00 bits per heavy atom. The van der Waals surface area contributed by atoms with Crippen LogP contribution in [0.25, 0.3) is 0 Å². The van der Waals surface area contributed by atoms with Crippen LogP contribution < -0.4 is 10.5 Å². The molecule has 4 nitrogen and oxygen atoms in total. The van der Waals surface area contributed by atoms with Crippen molar-refractivity contribution in [2.75, 3.05) is 5.73 Å². The minimum absolute atomic E-state index is 0.314. The summed E-state index contributed by atoms with van der Waals surface area (Å²) >= 11 is 3.15. The predicted molar refractivity (Wildman–Crippen MR) is 47.8 cm³/mol. The molecule has 0 saturated heterocycles. The lowest BCUT2D eigenvalue weighted by molar-refractivity contribution is 0.291. The molecular weight excluding hydrogens is 222 g/mol. The van der Waals surface area contributed by atoms with Crippen molar-refractivity contribution in [1.29, 1.82) is 0 Å². The normalized spacial score (nSPS) is 16.1. The van der Waals surface area contributed by atoms with Gasteiger partial charge in [0.25, 0.3) is 0 Å². The summed E-state index contributed by atoms with van der Waals surface area (Å²) in [5.74, 6) is 0.486. The average molecular weight is 230 g/mol. The van der Waals surface area contributed by atoms with Gasteiger partial charge in [0, 0.05) is 0 Å². The first kappa shape index (κ1) is 7.79. The zero-order valence-corrected chi connectivity index (χ0v) is 7.91. The minimum Gasteiger partial charge on any atom is -0.473 e. The zero-order chi connectivity index (χ0) is 8.55. The van der Waals surface area contributed by atoms with Crippen LogP contribution in [0.2, 0.25) is 0 Å². The molecule has 12 heavy (non-hydrogen) atoms. The summed E-state index contributed by atoms with van der Waals surface area (Å²) in [6.07, 6.45) is 4.05. The molecule has 0 radical (unpaired) electrons. The van der Waals surface area contributed by atoms with Crippen molar-refractivity contribution >= 4 is 21.6 Å². The first-order valence-corrected chi connectivity index (χ1v) is 4.49. The Hall–Kier alpha value is -0.840. The molecule has 2 N–H and O–H groups in total. The van der Waals surface area contributed by atoms with Gasteiger partial charge in [-0.2, -0.15) is 4.98 Å². The summed E-state index contributed by atoms with van der Waals surface area (Å²) in [5.41, 5.74) is 6.09. The number of halogens is 1. The van der Waals surface area contributed by atoms with Gasteiger partial charge >= 0.3 is 0 Å². The fraction of sp³-hybridized carbons (Fsp3) is 0.429. The number of rotatable bonds is 2. The van der Waals surface area contributed by atoms with Crippen LogP contribution in [0.4, 0.5) is 5.69 Å². The third-order valence-electron chi connectivity index (χ3n) is 1.55. The van der Waals surface area contributed by atoms with Crippen LogP contribution >= 0.6 is 15.9 Å². The highest BCUT2D eigenvalue weighted by molar-refractivity contribution is 9.10. The van der Waals surface area contributed by atoms with Crippen molar-refractivity contribution in [3.8, 4) is 5.88 Å². The maximum atomic E-state index is 5.59. The molecule has 1 fully saturated rings. The summed E-state index contributed by atoms with van der Waals surface area (Å²) < 4.78 is 5.94. The molecule has 1 heterocycles. The van der Waals surface area contributed by atoms with E-state index in [0.29, 0.717) is 22.4 Å². The van der Waals surface area contributed by atoms with Gasteiger partial charge in [0.05, 0.1) is 6.20 Å². The highest BCUT2D eigenvalue weighted by Gasteiger charge is 2.25. The second-order valence-electron chi connectivity index (χ2n) is 2.72. The third-order valence-corrected chi connectivity index (χ3v) is 1.94. The standard InChI is InChI=1S/C7H8BrN3O/c8-7-10-3-5(9)6(11-7)12-4-1-2-4/h3-4H,1-2,9H2. The van der Waals surface area contributed by atoms with Crippen molar-refractivity contribution in [2.45, 2.75) is 18.9 Å². The molecule has 1 aliphatic carbocycles. The van der Waals surface area contributed by atoms with Crippen molar-refractivity contribution in [2.24, 2.45) is 0 Å². The third kappa shape index (κ3) is 1.66. The van der Waals surface area contributed by atoms with Crippen LogP contribution in [-0.4, -0.2) is 16.1 Å². The van der Waals surface area contributed by atoms with E-state index in [9.17, 15) is 0 Å². The van der Waals surface area contributed by atoms with Crippen LogP contribution in [0.15, 0.2) is 10.9 Å². The van der Waals surface area contributed by atoms with Crippen molar-refractivity contribution in [3.63, 3.8) is 0 Å². The molecule has 5 heteroatoms. The van der Waals surface area contributed by atoms with Crippen LogP contribution in [0.3, 0.4) is 0 Å². The summed E-state index contributed by atoms with van der Waals surface area (Å²) in [4.78, 5) is 7.88. The topological polar surface area (TPSA) is 61.0 Å². The smallest absolute Gasteiger partial charge is 0.241 e. The van der Waals surface area contributed by atoms with E-state index >= 15 is 0 Å². The molecule has 0 aliphatic heterocycles. The number of aromatic nitrogens is 2. The van der Waals surface area contributed by atoms with E-state index in [2.05, 4.69) is 25.9 Å². The van der Waals surface area contributed by atoms with Gasteiger partial charge in [0.15, 0.2) is 4.73 Å². The van der Waals surface area contributed by atoms with Crippen molar-refractivity contribution in [3.05, 3.63) is 10.9 Å². The Kier molecular flexibility index (Phi) is 1.88.